The minimum absolute atomic E-state index is 0.226. The highest BCUT2D eigenvalue weighted by Crippen LogP contribution is 2.53. The quantitative estimate of drug-likeness (QED) is 0.851. The number of amides is 1. The first kappa shape index (κ1) is 13.4. The van der Waals surface area contributed by atoms with Crippen LogP contribution >= 0.6 is 0 Å². The van der Waals surface area contributed by atoms with E-state index in [1.807, 2.05) is 0 Å². The number of rotatable bonds is 3. The lowest BCUT2D eigenvalue weighted by Crippen LogP contribution is -2.57. The van der Waals surface area contributed by atoms with Gasteiger partial charge in [-0.1, -0.05) is 0 Å². The van der Waals surface area contributed by atoms with Crippen LogP contribution in [0.1, 0.15) is 39.0 Å². The summed E-state index contributed by atoms with van der Waals surface area (Å²) >= 11 is 0. The summed E-state index contributed by atoms with van der Waals surface area (Å²) in [5.74, 6) is 2.60. The van der Waals surface area contributed by atoms with Crippen LogP contribution in [0.3, 0.4) is 0 Å². The van der Waals surface area contributed by atoms with Crippen molar-refractivity contribution >= 4 is 15.7 Å². The average molecular weight is 285 g/mol. The van der Waals surface area contributed by atoms with Gasteiger partial charge in [0.05, 0.1) is 0 Å². The van der Waals surface area contributed by atoms with Gasteiger partial charge in [-0.15, -0.1) is 0 Å². The van der Waals surface area contributed by atoms with Crippen molar-refractivity contribution < 1.29 is 13.2 Å². The van der Waals surface area contributed by atoms with Gasteiger partial charge in [0.2, 0.25) is 5.91 Å². The van der Waals surface area contributed by atoms with Gasteiger partial charge in [-0.25, -0.2) is 8.42 Å². The molecule has 1 unspecified atom stereocenters. The first-order valence-electron chi connectivity index (χ1n) is 7.34. The molecule has 4 aliphatic rings. The van der Waals surface area contributed by atoms with Crippen LogP contribution < -0.4 is 5.32 Å². The van der Waals surface area contributed by atoms with Gasteiger partial charge in [0.25, 0.3) is 0 Å². The molecular formula is C14H23NO3S. The molecule has 0 spiro atoms. The zero-order valence-electron chi connectivity index (χ0n) is 11.6. The van der Waals surface area contributed by atoms with Gasteiger partial charge in [0.1, 0.15) is 5.25 Å². The van der Waals surface area contributed by atoms with Crippen LogP contribution in [0.25, 0.3) is 0 Å². The molecule has 108 valence electrons. The number of hydrogen-bond acceptors (Lipinski definition) is 3. The molecule has 4 nitrogen and oxygen atoms in total. The molecule has 4 saturated carbocycles. The molecule has 5 heteroatoms. The van der Waals surface area contributed by atoms with E-state index in [-0.39, 0.29) is 11.9 Å². The second-order valence-electron chi connectivity index (χ2n) is 6.94. The molecule has 4 aliphatic carbocycles. The Labute approximate surface area is 115 Å². The van der Waals surface area contributed by atoms with Crippen molar-refractivity contribution in [3.8, 4) is 0 Å². The molecule has 0 saturated heterocycles. The van der Waals surface area contributed by atoms with E-state index in [0.29, 0.717) is 11.8 Å². The van der Waals surface area contributed by atoms with E-state index in [9.17, 15) is 13.2 Å². The Balaban J connectivity index is 1.69. The van der Waals surface area contributed by atoms with Crippen LogP contribution in [0.4, 0.5) is 0 Å². The molecule has 4 rings (SSSR count). The standard InChI is InChI=1S/C14H23NO3S/c1-8(19(2,17)18)14(16)15-13-11-4-9-3-10(6-11)7-12(13)5-9/h8-13H,3-7H2,1-2H3,(H,15,16). The van der Waals surface area contributed by atoms with Gasteiger partial charge in [-0.2, -0.15) is 0 Å². The van der Waals surface area contributed by atoms with E-state index < -0.39 is 15.1 Å². The summed E-state index contributed by atoms with van der Waals surface area (Å²) in [6, 6.07) is 0.226. The summed E-state index contributed by atoms with van der Waals surface area (Å²) in [5.41, 5.74) is 0. The van der Waals surface area contributed by atoms with Crippen molar-refractivity contribution in [1.82, 2.24) is 5.32 Å². The summed E-state index contributed by atoms with van der Waals surface area (Å²) in [5, 5.41) is 2.12. The van der Waals surface area contributed by atoms with Crippen LogP contribution in [0, 0.1) is 23.7 Å². The molecule has 19 heavy (non-hydrogen) atoms. The van der Waals surface area contributed by atoms with Crippen molar-refractivity contribution in [2.45, 2.75) is 50.3 Å². The third-order valence-electron chi connectivity index (χ3n) is 5.55. The zero-order chi connectivity index (χ0) is 13.8. The molecular weight excluding hydrogens is 262 g/mol. The van der Waals surface area contributed by atoms with Crippen molar-refractivity contribution in [3.63, 3.8) is 0 Å². The lowest BCUT2D eigenvalue weighted by atomic mass is 9.54. The van der Waals surface area contributed by atoms with Crippen LogP contribution in [-0.2, 0) is 14.6 Å². The van der Waals surface area contributed by atoms with Crippen LogP contribution in [0.5, 0.6) is 0 Å². The van der Waals surface area contributed by atoms with E-state index in [1.165, 1.54) is 39.0 Å². The molecule has 4 bridgehead atoms. The smallest absolute Gasteiger partial charge is 0.238 e. The number of sulfone groups is 1. The normalized spacial score (nSPS) is 42.1. The van der Waals surface area contributed by atoms with E-state index in [2.05, 4.69) is 5.32 Å². The monoisotopic (exact) mass is 285 g/mol. The van der Waals surface area contributed by atoms with E-state index in [1.54, 1.807) is 0 Å². The Morgan fingerprint density at radius 1 is 1.05 bits per heavy atom. The second kappa shape index (κ2) is 4.47. The molecule has 1 atom stereocenters. The summed E-state index contributed by atoms with van der Waals surface area (Å²) in [4.78, 5) is 12.1. The fourth-order valence-electron chi connectivity index (χ4n) is 4.64. The molecule has 1 amide bonds. The fraction of sp³-hybridized carbons (Fsp3) is 0.929. The van der Waals surface area contributed by atoms with Gasteiger partial charge in [0, 0.05) is 12.3 Å². The molecule has 0 aromatic rings. The van der Waals surface area contributed by atoms with Crippen molar-refractivity contribution in [3.05, 3.63) is 0 Å². The molecule has 0 heterocycles. The molecule has 0 aliphatic heterocycles. The van der Waals surface area contributed by atoms with Crippen LogP contribution in [0.2, 0.25) is 0 Å². The van der Waals surface area contributed by atoms with Gasteiger partial charge in [0.15, 0.2) is 9.84 Å². The first-order valence-corrected chi connectivity index (χ1v) is 9.29. The van der Waals surface area contributed by atoms with Gasteiger partial charge < -0.3 is 5.32 Å². The fourth-order valence-corrected chi connectivity index (χ4v) is 5.09. The zero-order valence-corrected chi connectivity index (χ0v) is 12.4. The summed E-state index contributed by atoms with van der Waals surface area (Å²) in [7, 11) is -3.29. The number of carbonyl (C=O) groups excluding carboxylic acids is 1. The largest absolute Gasteiger partial charge is 0.352 e. The van der Waals surface area contributed by atoms with Gasteiger partial charge in [-0.3, -0.25) is 4.79 Å². The maximum Gasteiger partial charge on any atom is 0.238 e. The molecule has 0 radical (unpaired) electrons. The minimum Gasteiger partial charge on any atom is -0.352 e. The third-order valence-corrected chi connectivity index (χ3v) is 7.05. The highest BCUT2D eigenvalue weighted by atomic mass is 32.2. The lowest BCUT2D eigenvalue weighted by molar-refractivity contribution is -0.124. The van der Waals surface area contributed by atoms with Gasteiger partial charge in [-0.05, 0) is 62.7 Å². The second-order valence-corrected chi connectivity index (χ2v) is 9.30. The SMILES string of the molecule is CC(C(=O)NC1C2CC3CC(C2)CC1C3)S(C)(=O)=O. The molecule has 4 fully saturated rings. The van der Waals surface area contributed by atoms with Crippen molar-refractivity contribution in [2.24, 2.45) is 23.7 Å². The Morgan fingerprint density at radius 2 is 1.53 bits per heavy atom. The topological polar surface area (TPSA) is 63.2 Å². The molecule has 0 aromatic carbocycles. The van der Waals surface area contributed by atoms with Crippen LogP contribution in [0.15, 0.2) is 0 Å². The number of hydrogen-bond donors (Lipinski definition) is 1. The van der Waals surface area contributed by atoms with E-state index in [0.717, 1.165) is 18.1 Å². The average Bonchev–Trinajstić information content (AvgIpc) is 2.30. The Hall–Kier alpha value is -0.580. The maximum absolute atomic E-state index is 12.1. The molecule has 0 aromatic heterocycles. The maximum atomic E-state index is 12.1. The lowest BCUT2D eigenvalue weighted by Gasteiger charge is -2.54. The van der Waals surface area contributed by atoms with E-state index >= 15 is 0 Å². The summed E-state index contributed by atoms with van der Waals surface area (Å²) < 4.78 is 22.9. The van der Waals surface area contributed by atoms with Crippen molar-refractivity contribution in [2.75, 3.05) is 6.26 Å². The summed E-state index contributed by atoms with van der Waals surface area (Å²) in [6.07, 6.45) is 7.42. The Morgan fingerprint density at radius 3 is 1.95 bits per heavy atom. The number of nitrogens with one attached hydrogen (secondary N) is 1. The van der Waals surface area contributed by atoms with Crippen molar-refractivity contribution in [1.29, 1.82) is 0 Å². The predicted molar refractivity (Wildman–Crippen MR) is 73.3 cm³/mol. The highest BCUT2D eigenvalue weighted by molar-refractivity contribution is 7.92. The number of carbonyl (C=O) groups is 1. The third kappa shape index (κ3) is 2.41. The molecule has 1 N–H and O–H groups in total. The Bertz CT molecular complexity index is 457. The van der Waals surface area contributed by atoms with Crippen LogP contribution in [-0.4, -0.2) is 31.9 Å². The first-order chi connectivity index (χ1) is 8.84. The predicted octanol–water partition coefficient (Wildman–Crippen LogP) is 1.36. The van der Waals surface area contributed by atoms with E-state index in [4.69, 9.17) is 0 Å². The van der Waals surface area contributed by atoms with Gasteiger partial charge >= 0.3 is 0 Å². The summed E-state index contributed by atoms with van der Waals surface area (Å²) in [6.45, 7) is 1.49. The highest BCUT2D eigenvalue weighted by Gasteiger charge is 2.49. The Kier molecular flexibility index (Phi) is 3.15. The minimum atomic E-state index is -3.29.